The predicted octanol–water partition coefficient (Wildman–Crippen LogP) is 2.58. The second-order valence-electron chi connectivity index (χ2n) is 8.94. The van der Waals surface area contributed by atoms with Gasteiger partial charge < -0.3 is 19.9 Å². The van der Waals surface area contributed by atoms with E-state index < -0.39 is 34.6 Å². The molecule has 3 heterocycles. The van der Waals surface area contributed by atoms with Gasteiger partial charge in [-0.15, -0.1) is 0 Å². The van der Waals surface area contributed by atoms with E-state index in [4.69, 9.17) is 0 Å². The van der Waals surface area contributed by atoms with Crippen molar-refractivity contribution in [1.82, 2.24) is 14.8 Å². The Balaban J connectivity index is 1.66. The van der Waals surface area contributed by atoms with E-state index in [0.717, 1.165) is 12.5 Å². The summed E-state index contributed by atoms with van der Waals surface area (Å²) in [6.45, 7) is 4.80. The molecule has 1 aromatic carbocycles. The summed E-state index contributed by atoms with van der Waals surface area (Å²) in [5.41, 5.74) is -1.47. The van der Waals surface area contributed by atoms with Crippen LogP contribution in [0.1, 0.15) is 59.1 Å². The molecule has 0 saturated carbocycles. The average molecular weight is 431 g/mol. The SMILES string of the molecule is CC1(C)CCC2CN(C1)C(=O)c1c(O)c(=O)c(C(=O)NCc3ccc(F)cc3F)cn12. The summed E-state index contributed by atoms with van der Waals surface area (Å²) in [6, 6.07) is 2.78. The second-order valence-corrected chi connectivity index (χ2v) is 8.94. The van der Waals surface area contributed by atoms with Crippen LogP contribution >= 0.6 is 0 Å². The number of rotatable bonds is 3. The number of aromatic hydroxyl groups is 1. The molecule has 1 atom stereocenters. The first-order valence-corrected chi connectivity index (χ1v) is 10.1. The number of benzene rings is 1. The summed E-state index contributed by atoms with van der Waals surface area (Å²) < 4.78 is 28.4. The van der Waals surface area contributed by atoms with Crippen LogP contribution in [0.2, 0.25) is 0 Å². The Bertz CT molecular complexity index is 1140. The summed E-state index contributed by atoms with van der Waals surface area (Å²) in [4.78, 5) is 39.9. The van der Waals surface area contributed by atoms with Gasteiger partial charge in [0.2, 0.25) is 5.43 Å². The lowest BCUT2D eigenvalue weighted by Crippen LogP contribution is -2.46. The topological polar surface area (TPSA) is 91.6 Å². The van der Waals surface area contributed by atoms with Crippen LogP contribution < -0.4 is 10.7 Å². The van der Waals surface area contributed by atoms with Gasteiger partial charge in [0.25, 0.3) is 11.8 Å². The molecule has 31 heavy (non-hydrogen) atoms. The number of hydrogen-bond donors (Lipinski definition) is 2. The Morgan fingerprint density at radius 2 is 2.03 bits per heavy atom. The minimum atomic E-state index is -0.962. The Kier molecular flexibility index (Phi) is 5.07. The van der Waals surface area contributed by atoms with Gasteiger partial charge in [0, 0.05) is 37.5 Å². The quantitative estimate of drug-likeness (QED) is 0.782. The van der Waals surface area contributed by atoms with E-state index in [0.29, 0.717) is 25.6 Å². The number of hydrogen-bond acceptors (Lipinski definition) is 4. The zero-order valence-corrected chi connectivity index (χ0v) is 17.2. The molecule has 164 valence electrons. The van der Waals surface area contributed by atoms with Crippen molar-refractivity contribution in [3.8, 4) is 5.75 Å². The Morgan fingerprint density at radius 3 is 2.74 bits per heavy atom. The zero-order chi connectivity index (χ0) is 22.5. The molecule has 2 aliphatic heterocycles. The number of carbonyl (C=O) groups excluding carboxylic acids is 2. The molecule has 0 aliphatic carbocycles. The summed E-state index contributed by atoms with van der Waals surface area (Å²) in [6.07, 6.45) is 2.85. The van der Waals surface area contributed by atoms with Gasteiger partial charge in [-0.2, -0.15) is 0 Å². The molecule has 4 rings (SSSR count). The second kappa shape index (κ2) is 7.47. The lowest BCUT2D eigenvalue weighted by atomic mass is 9.87. The smallest absolute Gasteiger partial charge is 0.274 e. The van der Waals surface area contributed by atoms with Gasteiger partial charge in [-0.3, -0.25) is 14.4 Å². The van der Waals surface area contributed by atoms with Gasteiger partial charge in [-0.05, 0) is 24.3 Å². The number of pyridine rings is 1. The van der Waals surface area contributed by atoms with Crippen molar-refractivity contribution < 1.29 is 23.5 Å². The minimum Gasteiger partial charge on any atom is -0.503 e. The van der Waals surface area contributed by atoms with Crippen molar-refractivity contribution in [2.45, 2.75) is 39.3 Å². The van der Waals surface area contributed by atoms with Gasteiger partial charge >= 0.3 is 0 Å². The number of aromatic nitrogens is 1. The van der Waals surface area contributed by atoms with Gasteiger partial charge in [0.1, 0.15) is 17.2 Å². The molecule has 0 radical (unpaired) electrons. The van der Waals surface area contributed by atoms with Crippen molar-refractivity contribution in [1.29, 1.82) is 0 Å². The first-order valence-electron chi connectivity index (χ1n) is 10.1. The average Bonchev–Trinajstić information content (AvgIpc) is 2.84. The van der Waals surface area contributed by atoms with Crippen molar-refractivity contribution in [3.05, 3.63) is 63.1 Å². The number of carbonyl (C=O) groups is 2. The standard InChI is InChI=1S/C22H23F2N3O4/c1-22(2)6-5-14-9-26(11-22)21(31)17-19(29)18(28)15(10-27(14)17)20(30)25-8-12-3-4-13(23)7-16(12)24/h3-4,7,10,14,29H,5-6,8-9,11H2,1-2H3,(H,25,30). The molecule has 2 N–H and O–H groups in total. The third-order valence-electron chi connectivity index (χ3n) is 6.00. The molecular formula is C22H23F2N3O4. The zero-order valence-electron chi connectivity index (χ0n) is 17.2. The molecule has 1 fully saturated rings. The highest BCUT2D eigenvalue weighted by atomic mass is 19.1. The largest absolute Gasteiger partial charge is 0.503 e. The number of halogens is 2. The van der Waals surface area contributed by atoms with E-state index in [9.17, 15) is 28.3 Å². The molecule has 2 aliphatic rings. The van der Waals surface area contributed by atoms with Crippen LogP contribution in [0.3, 0.4) is 0 Å². The lowest BCUT2D eigenvalue weighted by Gasteiger charge is -2.35. The van der Waals surface area contributed by atoms with E-state index in [-0.39, 0.29) is 34.8 Å². The van der Waals surface area contributed by atoms with E-state index in [2.05, 4.69) is 19.2 Å². The first kappa shape index (κ1) is 21.0. The van der Waals surface area contributed by atoms with E-state index >= 15 is 0 Å². The number of amides is 2. The highest BCUT2D eigenvalue weighted by molar-refractivity contribution is 5.99. The molecule has 2 amide bonds. The maximum atomic E-state index is 13.8. The van der Waals surface area contributed by atoms with E-state index in [1.165, 1.54) is 16.8 Å². The van der Waals surface area contributed by atoms with Crippen LogP contribution in [-0.4, -0.2) is 39.5 Å². The van der Waals surface area contributed by atoms with E-state index in [1.54, 1.807) is 4.90 Å². The minimum absolute atomic E-state index is 0.0499. The maximum Gasteiger partial charge on any atom is 0.274 e. The number of fused-ring (bicyclic) bond motifs is 4. The molecule has 2 aromatic rings. The van der Waals surface area contributed by atoms with Crippen LogP contribution in [0, 0.1) is 17.0 Å². The van der Waals surface area contributed by atoms with Gasteiger partial charge in [-0.25, -0.2) is 8.78 Å². The van der Waals surface area contributed by atoms with Crippen LogP contribution in [-0.2, 0) is 6.54 Å². The lowest BCUT2D eigenvalue weighted by molar-refractivity contribution is 0.0629. The molecule has 2 bridgehead atoms. The fraction of sp³-hybridized carbons (Fsp3) is 0.409. The van der Waals surface area contributed by atoms with Gasteiger partial charge in [0.15, 0.2) is 11.4 Å². The van der Waals surface area contributed by atoms with Crippen LogP contribution in [0.25, 0.3) is 0 Å². The number of nitrogens with one attached hydrogen (secondary N) is 1. The fourth-order valence-electron chi connectivity index (χ4n) is 4.31. The van der Waals surface area contributed by atoms with Gasteiger partial charge in [-0.1, -0.05) is 19.9 Å². The molecular weight excluding hydrogens is 408 g/mol. The normalized spacial score (nSPS) is 19.5. The monoisotopic (exact) mass is 431 g/mol. The molecule has 9 heteroatoms. The fourth-order valence-corrected chi connectivity index (χ4v) is 4.31. The Morgan fingerprint density at radius 1 is 1.29 bits per heavy atom. The molecule has 0 spiro atoms. The third kappa shape index (κ3) is 3.80. The van der Waals surface area contributed by atoms with Crippen molar-refractivity contribution in [2.24, 2.45) is 5.41 Å². The molecule has 7 nitrogen and oxygen atoms in total. The molecule has 1 saturated heterocycles. The third-order valence-corrected chi connectivity index (χ3v) is 6.00. The predicted molar refractivity (Wildman–Crippen MR) is 108 cm³/mol. The first-order chi connectivity index (χ1) is 14.6. The summed E-state index contributed by atoms with van der Waals surface area (Å²) in [7, 11) is 0. The van der Waals surface area contributed by atoms with Crippen LogP contribution in [0.4, 0.5) is 8.78 Å². The summed E-state index contributed by atoms with van der Waals surface area (Å²) in [5, 5.41) is 12.9. The van der Waals surface area contributed by atoms with E-state index in [1.807, 2.05) is 0 Å². The van der Waals surface area contributed by atoms with Crippen LogP contribution in [0.5, 0.6) is 5.75 Å². The van der Waals surface area contributed by atoms with Crippen molar-refractivity contribution in [2.75, 3.05) is 13.1 Å². The van der Waals surface area contributed by atoms with Gasteiger partial charge in [0.05, 0.1) is 6.04 Å². The highest BCUT2D eigenvalue weighted by Gasteiger charge is 2.40. The molecule has 1 aromatic heterocycles. The Labute approximate surface area is 177 Å². The Hall–Kier alpha value is -3.23. The highest BCUT2D eigenvalue weighted by Crippen LogP contribution is 2.37. The van der Waals surface area contributed by atoms with Crippen molar-refractivity contribution >= 4 is 11.8 Å². The number of nitrogens with zero attached hydrogens (tertiary/aromatic N) is 2. The maximum absolute atomic E-state index is 13.8. The summed E-state index contributed by atoms with van der Waals surface area (Å²) >= 11 is 0. The molecule has 1 unspecified atom stereocenters. The van der Waals surface area contributed by atoms with Crippen molar-refractivity contribution in [3.63, 3.8) is 0 Å². The summed E-state index contributed by atoms with van der Waals surface area (Å²) in [5.74, 6) is -3.59. The van der Waals surface area contributed by atoms with Crippen LogP contribution in [0.15, 0.2) is 29.2 Å².